The van der Waals surface area contributed by atoms with Crippen LogP contribution in [0.25, 0.3) is 5.57 Å². The SMILES string of the molecule is CC.CCCNC(=O)/C=C(\C)c1ccc2c(c1O)C(=O)CC1C3=C(CCC21C)C(=O)OC3. The molecule has 6 nitrogen and oxygen atoms in total. The number of ether oxygens (including phenoxy) is 1. The number of allylic oxidation sites excluding steroid dienone is 1. The number of carbonyl (C=O) groups excluding carboxylic acids is 3. The lowest BCUT2D eigenvalue weighted by molar-refractivity contribution is -0.136. The Hall–Kier alpha value is -2.89. The van der Waals surface area contributed by atoms with Crippen molar-refractivity contribution in [2.45, 2.75) is 65.7 Å². The van der Waals surface area contributed by atoms with Crippen molar-refractivity contribution in [1.29, 1.82) is 0 Å². The number of hydrogen-bond acceptors (Lipinski definition) is 5. The Kier molecular flexibility index (Phi) is 6.91. The summed E-state index contributed by atoms with van der Waals surface area (Å²) in [4.78, 5) is 37.1. The maximum Gasteiger partial charge on any atom is 0.334 e. The van der Waals surface area contributed by atoms with Crippen LogP contribution in [0.1, 0.15) is 81.8 Å². The van der Waals surface area contributed by atoms with E-state index in [1.165, 1.54) is 6.08 Å². The van der Waals surface area contributed by atoms with E-state index in [1.807, 2.05) is 26.8 Å². The van der Waals surface area contributed by atoms with Gasteiger partial charge < -0.3 is 15.2 Å². The second-order valence-corrected chi connectivity index (χ2v) is 8.68. The fourth-order valence-electron chi connectivity index (χ4n) is 5.17. The Bertz CT molecular complexity index is 1020. The number of aromatic hydroxyl groups is 1. The average Bonchev–Trinajstić information content (AvgIpc) is 3.15. The van der Waals surface area contributed by atoms with E-state index in [1.54, 1.807) is 13.0 Å². The van der Waals surface area contributed by atoms with Gasteiger partial charge in [0.25, 0.3) is 0 Å². The number of phenols is 1. The normalized spacial score (nSPS) is 24.0. The number of hydrogen-bond donors (Lipinski definition) is 2. The van der Waals surface area contributed by atoms with Crippen LogP contribution in [0.3, 0.4) is 0 Å². The standard InChI is InChI=1S/C24H27NO5.C2H6/c1-4-9-25-20(27)10-13(2)14-5-6-17-21(22(14)28)19(26)11-18-16-12-30-23(29)15(16)7-8-24(17,18)3;1-2/h5-6,10,18,28H,4,7-9,11-12H2,1-3H3,(H,25,27);1-2H3/b13-10+;. The molecule has 32 heavy (non-hydrogen) atoms. The van der Waals surface area contributed by atoms with Gasteiger partial charge in [0.15, 0.2) is 5.78 Å². The van der Waals surface area contributed by atoms with Gasteiger partial charge >= 0.3 is 5.97 Å². The summed E-state index contributed by atoms with van der Waals surface area (Å²) in [5, 5.41) is 13.8. The van der Waals surface area contributed by atoms with E-state index in [9.17, 15) is 19.5 Å². The van der Waals surface area contributed by atoms with Gasteiger partial charge in [0.2, 0.25) is 5.91 Å². The number of benzene rings is 1. The molecule has 0 saturated heterocycles. The minimum atomic E-state index is -0.345. The summed E-state index contributed by atoms with van der Waals surface area (Å²) in [6, 6.07) is 3.69. The molecule has 1 aliphatic heterocycles. The van der Waals surface area contributed by atoms with Crippen LogP contribution in [-0.2, 0) is 19.7 Å². The van der Waals surface area contributed by atoms with Crippen molar-refractivity contribution in [3.63, 3.8) is 0 Å². The van der Waals surface area contributed by atoms with Crippen LogP contribution >= 0.6 is 0 Å². The molecule has 6 heteroatoms. The zero-order chi connectivity index (χ0) is 23.6. The smallest absolute Gasteiger partial charge is 0.334 e. The minimum absolute atomic E-state index is 0.0623. The molecule has 1 heterocycles. The third kappa shape index (κ3) is 3.87. The number of amides is 1. The van der Waals surface area contributed by atoms with Gasteiger partial charge in [-0.3, -0.25) is 9.59 Å². The molecule has 1 amide bonds. The fourth-order valence-corrected chi connectivity index (χ4v) is 5.17. The Morgan fingerprint density at radius 3 is 2.72 bits per heavy atom. The summed E-state index contributed by atoms with van der Waals surface area (Å²) < 4.78 is 5.24. The van der Waals surface area contributed by atoms with Gasteiger partial charge in [-0.15, -0.1) is 0 Å². The van der Waals surface area contributed by atoms with Crippen LogP contribution in [0.15, 0.2) is 29.4 Å². The first-order valence-corrected chi connectivity index (χ1v) is 11.5. The number of rotatable bonds is 4. The third-order valence-electron chi connectivity index (χ3n) is 6.86. The lowest BCUT2D eigenvalue weighted by Gasteiger charge is -2.46. The molecule has 172 valence electrons. The van der Waals surface area contributed by atoms with E-state index in [-0.39, 0.29) is 47.8 Å². The van der Waals surface area contributed by atoms with E-state index in [0.717, 1.165) is 29.6 Å². The zero-order valence-electron chi connectivity index (χ0n) is 19.6. The lowest BCUT2D eigenvalue weighted by atomic mass is 9.56. The van der Waals surface area contributed by atoms with Crippen molar-refractivity contribution in [1.82, 2.24) is 5.32 Å². The van der Waals surface area contributed by atoms with E-state index in [2.05, 4.69) is 12.2 Å². The van der Waals surface area contributed by atoms with Crippen LogP contribution < -0.4 is 5.32 Å². The van der Waals surface area contributed by atoms with Gasteiger partial charge in [0, 0.05) is 41.5 Å². The molecule has 0 radical (unpaired) electrons. The minimum Gasteiger partial charge on any atom is -0.507 e. The Labute approximate surface area is 189 Å². The van der Waals surface area contributed by atoms with E-state index < -0.39 is 0 Å². The summed E-state index contributed by atoms with van der Waals surface area (Å²) in [6.07, 6.45) is 3.88. The summed E-state index contributed by atoms with van der Waals surface area (Å²) in [5.41, 5.74) is 3.59. The van der Waals surface area contributed by atoms with Crippen molar-refractivity contribution in [2.75, 3.05) is 13.2 Å². The number of carbonyl (C=O) groups is 3. The van der Waals surface area contributed by atoms with E-state index >= 15 is 0 Å². The fraction of sp³-hybridized carbons (Fsp3) is 0.500. The molecule has 2 N–H and O–H groups in total. The highest BCUT2D eigenvalue weighted by atomic mass is 16.5. The number of cyclic esters (lactones) is 1. The Morgan fingerprint density at radius 2 is 2.03 bits per heavy atom. The topological polar surface area (TPSA) is 92.7 Å². The molecule has 1 aromatic rings. The van der Waals surface area contributed by atoms with Crippen LogP contribution in [0, 0.1) is 5.92 Å². The first-order valence-electron chi connectivity index (χ1n) is 11.5. The van der Waals surface area contributed by atoms with Gasteiger partial charge in [-0.25, -0.2) is 4.79 Å². The number of nitrogens with one attached hydrogen (secondary N) is 1. The first kappa shape index (κ1) is 23.8. The van der Waals surface area contributed by atoms with Gasteiger partial charge in [0.05, 0.1) is 5.56 Å². The molecule has 2 atom stereocenters. The summed E-state index contributed by atoms with van der Waals surface area (Å²) in [6.45, 7) is 10.7. The van der Waals surface area contributed by atoms with Crippen molar-refractivity contribution >= 4 is 23.2 Å². The average molecular weight is 440 g/mol. The monoisotopic (exact) mass is 439 g/mol. The molecular weight excluding hydrogens is 406 g/mol. The molecule has 0 spiro atoms. The maximum absolute atomic E-state index is 13.1. The number of Topliss-reactive ketones (excluding diaryl/α,β-unsaturated/α-hetero) is 1. The van der Waals surface area contributed by atoms with Crippen LogP contribution in [0.4, 0.5) is 0 Å². The summed E-state index contributed by atoms with van der Waals surface area (Å²) in [7, 11) is 0. The molecule has 0 bridgehead atoms. The molecule has 0 saturated carbocycles. The van der Waals surface area contributed by atoms with Gasteiger partial charge in [-0.1, -0.05) is 39.8 Å². The second kappa shape index (κ2) is 9.31. The Balaban J connectivity index is 0.00000141. The number of esters is 1. The number of phenolic OH excluding ortho intramolecular Hbond substituents is 1. The van der Waals surface area contributed by atoms with Crippen molar-refractivity contribution in [2.24, 2.45) is 5.92 Å². The molecule has 1 aromatic carbocycles. The van der Waals surface area contributed by atoms with Gasteiger partial charge in [-0.05, 0) is 42.9 Å². The largest absolute Gasteiger partial charge is 0.507 e. The zero-order valence-corrected chi connectivity index (χ0v) is 19.6. The molecule has 2 aliphatic carbocycles. The van der Waals surface area contributed by atoms with Crippen molar-refractivity contribution in [3.8, 4) is 5.75 Å². The number of fused-ring (bicyclic) bond motifs is 4. The first-order chi connectivity index (χ1) is 15.3. The summed E-state index contributed by atoms with van der Waals surface area (Å²) in [5.74, 6) is -0.765. The van der Waals surface area contributed by atoms with Crippen molar-refractivity contribution < 1.29 is 24.2 Å². The van der Waals surface area contributed by atoms with E-state index in [4.69, 9.17) is 4.74 Å². The van der Waals surface area contributed by atoms with Crippen molar-refractivity contribution in [3.05, 3.63) is 46.0 Å². The lowest BCUT2D eigenvalue weighted by Crippen LogP contribution is -2.43. The second-order valence-electron chi connectivity index (χ2n) is 8.68. The maximum atomic E-state index is 13.1. The molecule has 0 aromatic heterocycles. The van der Waals surface area contributed by atoms with E-state index in [0.29, 0.717) is 29.7 Å². The quantitative estimate of drug-likeness (QED) is 0.534. The molecular formula is C26H33NO5. The van der Waals surface area contributed by atoms with Gasteiger partial charge in [-0.2, -0.15) is 0 Å². The highest BCUT2D eigenvalue weighted by Gasteiger charge is 2.51. The van der Waals surface area contributed by atoms with Gasteiger partial charge in [0.1, 0.15) is 12.4 Å². The predicted octanol–water partition coefficient (Wildman–Crippen LogP) is 4.46. The molecule has 2 unspecified atom stereocenters. The van der Waals surface area contributed by atoms with Crippen LogP contribution in [-0.4, -0.2) is 35.9 Å². The summed E-state index contributed by atoms with van der Waals surface area (Å²) >= 11 is 0. The molecule has 4 rings (SSSR count). The Morgan fingerprint density at radius 1 is 1.31 bits per heavy atom. The number of ketones is 1. The third-order valence-corrected chi connectivity index (χ3v) is 6.86. The highest BCUT2D eigenvalue weighted by molar-refractivity contribution is 6.05. The van der Waals surface area contributed by atoms with Crippen LogP contribution in [0.2, 0.25) is 0 Å². The molecule has 3 aliphatic rings. The molecule has 0 fully saturated rings. The predicted molar refractivity (Wildman–Crippen MR) is 123 cm³/mol. The highest BCUT2D eigenvalue weighted by Crippen LogP contribution is 2.55. The van der Waals surface area contributed by atoms with Crippen LogP contribution in [0.5, 0.6) is 5.75 Å².